The van der Waals surface area contributed by atoms with Crippen molar-refractivity contribution in [1.29, 1.82) is 0 Å². The van der Waals surface area contributed by atoms with Crippen LogP contribution in [0.5, 0.6) is 0 Å². The summed E-state index contributed by atoms with van der Waals surface area (Å²) >= 11 is 0. The Kier molecular flexibility index (Phi) is 4.99. The topological polar surface area (TPSA) is 104 Å². The monoisotopic (exact) mass is 255 g/mol. The van der Waals surface area contributed by atoms with Crippen molar-refractivity contribution in [3.8, 4) is 0 Å². The highest BCUT2D eigenvalue weighted by Gasteiger charge is 2.15. The van der Waals surface area contributed by atoms with E-state index in [1.807, 2.05) is 0 Å². The molecular weight excluding hydrogens is 238 g/mol. The van der Waals surface area contributed by atoms with Crippen LogP contribution < -0.4 is 11.0 Å². The van der Waals surface area contributed by atoms with Gasteiger partial charge in [-0.25, -0.2) is 4.79 Å². The van der Waals surface area contributed by atoms with Gasteiger partial charge in [-0.3, -0.25) is 9.36 Å². The number of hydrogen-bond acceptors (Lipinski definition) is 5. The Labute approximate surface area is 104 Å². The maximum atomic E-state index is 11.6. The van der Waals surface area contributed by atoms with Gasteiger partial charge in [-0.2, -0.15) is 4.98 Å². The van der Waals surface area contributed by atoms with E-state index in [0.29, 0.717) is 0 Å². The summed E-state index contributed by atoms with van der Waals surface area (Å²) in [6.07, 6.45) is 0.739. The average Bonchev–Trinajstić information content (AvgIpc) is 2.26. The first kappa shape index (κ1) is 14.3. The maximum absolute atomic E-state index is 11.6. The Morgan fingerprint density at radius 1 is 1.61 bits per heavy atom. The molecule has 0 radical (unpaired) electrons. The van der Waals surface area contributed by atoms with E-state index in [1.165, 1.54) is 23.8 Å². The molecule has 1 heterocycles. The first-order chi connectivity index (χ1) is 8.43. The van der Waals surface area contributed by atoms with Crippen molar-refractivity contribution < 1.29 is 15.0 Å². The molecule has 0 fully saturated rings. The Balaban J connectivity index is 2.85. The molecule has 100 valence electrons. The van der Waals surface area contributed by atoms with Crippen LogP contribution >= 0.6 is 0 Å². The minimum atomic E-state index is -0.725. The number of amides is 1. The normalized spacial score (nSPS) is 14.0. The number of aliphatic hydroxyl groups is 2. The van der Waals surface area contributed by atoms with Gasteiger partial charge in [0.2, 0.25) is 5.91 Å². The molecule has 0 bridgehead atoms. The van der Waals surface area contributed by atoms with Gasteiger partial charge in [0.25, 0.3) is 0 Å². The lowest BCUT2D eigenvalue weighted by atomic mass is 10.1. The summed E-state index contributed by atoms with van der Waals surface area (Å²) in [4.78, 5) is 26.1. The lowest BCUT2D eigenvalue weighted by molar-refractivity contribution is -0.114. The van der Waals surface area contributed by atoms with Crippen molar-refractivity contribution in [2.75, 3.05) is 11.9 Å². The third-order valence-electron chi connectivity index (χ3n) is 2.53. The highest BCUT2D eigenvalue weighted by molar-refractivity contribution is 5.87. The number of nitrogens with zero attached hydrogens (tertiary/aromatic N) is 2. The van der Waals surface area contributed by atoms with Crippen molar-refractivity contribution in [3.63, 3.8) is 0 Å². The predicted molar refractivity (Wildman–Crippen MR) is 65.1 cm³/mol. The number of carbonyl (C=O) groups is 1. The van der Waals surface area contributed by atoms with Gasteiger partial charge in [-0.1, -0.05) is 0 Å². The first-order valence-electron chi connectivity index (χ1n) is 5.58. The number of rotatable bonds is 5. The second-order valence-corrected chi connectivity index (χ2v) is 4.11. The van der Waals surface area contributed by atoms with Crippen LogP contribution in [0.3, 0.4) is 0 Å². The molecule has 0 aromatic carbocycles. The Morgan fingerprint density at radius 3 is 2.72 bits per heavy atom. The summed E-state index contributed by atoms with van der Waals surface area (Å²) in [5.41, 5.74) is -0.541. The fourth-order valence-corrected chi connectivity index (χ4v) is 1.43. The molecule has 1 aromatic rings. The number of aromatic nitrogens is 2. The van der Waals surface area contributed by atoms with Crippen LogP contribution in [0.25, 0.3) is 0 Å². The van der Waals surface area contributed by atoms with Gasteiger partial charge in [-0.15, -0.1) is 0 Å². The van der Waals surface area contributed by atoms with Crippen LogP contribution in [0.1, 0.15) is 13.8 Å². The zero-order valence-electron chi connectivity index (χ0n) is 10.3. The smallest absolute Gasteiger partial charge is 0.349 e. The van der Waals surface area contributed by atoms with E-state index in [1.54, 1.807) is 6.92 Å². The van der Waals surface area contributed by atoms with E-state index in [-0.39, 0.29) is 24.9 Å². The van der Waals surface area contributed by atoms with E-state index in [2.05, 4.69) is 10.3 Å². The van der Waals surface area contributed by atoms with Crippen molar-refractivity contribution in [3.05, 3.63) is 22.7 Å². The minimum absolute atomic E-state index is 0.167. The molecule has 7 heteroatoms. The molecule has 1 amide bonds. The average molecular weight is 255 g/mol. The van der Waals surface area contributed by atoms with E-state index < -0.39 is 17.7 Å². The molecule has 7 nitrogen and oxygen atoms in total. The molecule has 1 rings (SSSR count). The van der Waals surface area contributed by atoms with Gasteiger partial charge < -0.3 is 15.5 Å². The first-order valence-corrected chi connectivity index (χ1v) is 5.58. The van der Waals surface area contributed by atoms with Crippen LogP contribution in [0.4, 0.5) is 5.82 Å². The van der Waals surface area contributed by atoms with Crippen LogP contribution in [0.15, 0.2) is 17.1 Å². The second kappa shape index (κ2) is 6.27. The minimum Gasteiger partial charge on any atom is -0.396 e. The molecule has 0 aliphatic rings. The summed E-state index contributed by atoms with van der Waals surface area (Å²) in [6.45, 7) is 2.81. The fourth-order valence-electron chi connectivity index (χ4n) is 1.43. The number of carbonyl (C=O) groups excluding carboxylic acids is 1. The summed E-state index contributed by atoms with van der Waals surface area (Å²) in [6, 6.07) is 1.49. The molecule has 1 aromatic heterocycles. The third-order valence-corrected chi connectivity index (χ3v) is 2.53. The maximum Gasteiger partial charge on any atom is 0.349 e. The zero-order chi connectivity index (χ0) is 13.7. The number of anilines is 1. The van der Waals surface area contributed by atoms with Gasteiger partial charge in [0.15, 0.2) is 0 Å². The van der Waals surface area contributed by atoms with Crippen molar-refractivity contribution >= 4 is 11.7 Å². The van der Waals surface area contributed by atoms with Crippen LogP contribution in [0, 0.1) is 5.92 Å². The molecule has 0 unspecified atom stereocenters. The fraction of sp³-hybridized carbons (Fsp3) is 0.545. The van der Waals surface area contributed by atoms with Crippen molar-refractivity contribution in [2.45, 2.75) is 26.5 Å². The van der Waals surface area contributed by atoms with Gasteiger partial charge in [0.05, 0.1) is 12.7 Å². The lowest BCUT2D eigenvalue weighted by Gasteiger charge is -2.18. The van der Waals surface area contributed by atoms with Gasteiger partial charge >= 0.3 is 5.69 Å². The van der Waals surface area contributed by atoms with Crippen molar-refractivity contribution in [2.24, 2.45) is 5.92 Å². The molecule has 0 saturated heterocycles. The van der Waals surface area contributed by atoms with E-state index in [4.69, 9.17) is 5.11 Å². The van der Waals surface area contributed by atoms with Crippen LogP contribution in [-0.4, -0.2) is 38.4 Å². The molecule has 0 spiro atoms. The Hall–Kier alpha value is -1.73. The highest BCUT2D eigenvalue weighted by atomic mass is 16.3. The van der Waals surface area contributed by atoms with Gasteiger partial charge in [-0.05, 0) is 13.0 Å². The molecule has 18 heavy (non-hydrogen) atoms. The number of hydrogen-bond donors (Lipinski definition) is 3. The SMILES string of the molecule is CC(=O)Nc1ccn(C[C@@H](CO)[C@@H](C)O)c(=O)n1. The van der Waals surface area contributed by atoms with Gasteiger partial charge in [0.1, 0.15) is 5.82 Å². The third kappa shape index (κ3) is 3.94. The van der Waals surface area contributed by atoms with Crippen molar-refractivity contribution in [1.82, 2.24) is 9.55 Å². The molecule has 0 saturated carbocycles. The summed E-state index contributed by atoms with van der Waals surface area (Å²) in [5, 5.41) is 20.9. The summed E-state index contributed by atoms with van der Waals surface area (Å²) in [5.74, 6) is -0.561. The Morgan fingerprint density at radius 2 is 2.28 bits per heavy atom. The van der Waals surface area contributed by atoms with E-state index in [0.717, 1.165) is 0 Å². The van der Waals surface area contributed by atoms with Crippen LogP contribution in [0.2, 0.25) is 0 Å². The second-order valence-electron chi connectivity index (χ2n) is 4.11. The standard InChI is InChI=1S/C11H17N3O4/c1-7(16)9(6-15)5-14-4-3-10(12-8(2)17)13-11(14)18/h3-4,7,9,15-16H,5-6H2,1-2H3,(H,12,13,17,18)/t7-,9+/m1/s1. The van der Waals surface area contributed by atoms with Gasteiger partial charge in [0, 0.05) is 25.6 Å². The predicted octanol–water partition coefficient (Wildman–Crippen LogP) is -0.809. The quantitative estimate of drug-likeness (QED) is 0.638. The van der Waals surface area contributed by atoms with E-state index >= 15 is 0 Å². The summed E-state index contributed by atoms with van der Waals surface area (Å²) < 4.78 is 1.28. The Bertz CT molecular complexity index is 470. The van der Waals surface area contributed by atoms with Crippen LogP contribution in [-0.2, 0) is 11.3 Å². The zero-order valence-corrected chi connectivity index (χ0v) is 10.3. The molecule has 3 N–H and O–H groups in total. The molecular formula is C11H17N3O4. The van der Waals surface area contributed by atoms with E-state index in [9.17, 15) is 14.7 Å². The largest absolute Gasteiger partial charge is 0.396 e. The molecule has 0 aliphatic heterocycles. The molecule has 0 aliphatic carbocycles. The number of aliphatic hydroxyl groups excluding tert-OH is 2. The lowest BCUT2D eigenvalue weighted by Crippen LogP contribution is -2.32. The summed E-state index contributed by atoms with van der Waals surface area (Å²) in [7, 11) is 0. The molecule has 2 atom stereocenters. The highest BCUT2D eigenvalue weighted by Crippen LogP contribution is 2.06. The number of nitrogens with one attached hydrogen (secondary N) is 1.